The molecule has 1 saturated carbocycles. The van der Waals surface area contributed by atoms with Crippen molar-refractivity contribution in [3.8, 4) is 0 Å². The Kier molecular flexibility index (Phi) is 3.84. The van der Waals surface area contributed by atoms with Crippen LogP contribution in [0.2, 0.25) is 0 Å². The molecule has 2 fully saturated rings. The van der Waals surface area contributed by atoms with Gasteiger partial charge in [-0.1, -0.05) is 12.1 Å². The molecule has 1 unspecified atom stereocenters. The van der Waals surface area contributed by atoms with Crippen LogP contribution in [0.1, 0.15) is 36.7 Å². The van der Waals surface area contributed by atoms with Crippen molar-refractivity contribution in [3.05, 3.63) is 29.3 Å². The van der Waals surface area contributed by atoms with Gasteiger partial charge in [-0.05, 0) is 50.3 Å². The van der Waals surface area contributed by atoms with Crippen molar-refractivity contribution in [2.75, 3.05) is 19.6 Å². The predicted molar refractivity (Wildman–Crippen MR) is 88.9 cm³/mol. The lowest BCUT2D eigenvalue weighted by atomic mass is 10.2. The van der Waals surface area contributed by atoms with Crippen molar-refractivity contribution in [2.45, 2.75) is 31.7 Å². The minimum absolute atomic E-state index is 0.174. The van der Waals surface area contributed by atoms with Crippen LogP contribution >= 0.6 is 11.3 Å². The van der Waals surface area contributed by atoms with Crippen LogP contribution in [0.5, 0.6) is 0 Å². The standard InChI is InChI=1S/C17H21N3OS/c21-16(11-18-10-12-7-8-12)20-9-3-5-14(20)17-19-13-4-1-2-6-15(13)22-17/h1-2,4,6,12,14,18H,3,5,7-11H2. The van der Waals surface area contributed by atoms with Gasteiger partial charge in [0.1, 0.15) is 5.01 Å². The average molecular weight is 315 g/mol. The highest BCUT2D eigenvalue weighted by Gasteiger charge is 2.32. The molecule has 1 aliphatic heterocycles. The first-order valence-electron chi connectivity index (χ1n) is 8.17. The molecule has 2 heterocycles. The highest BCUT2D eigenvalue weighted by molar-refractivity contribution is 7.18. The molecule has 1 N–H and O–H groups in total. The maximum absolute atomic E-state index is 12.5. The summed E-state index contributed by atoms with van der Waals surface area (Å²) in [4.78, 5) is 19.3. The summed E-state index contributed by atoms with van der Waals surface area (Å²) in [6, 6.07) is 8.39. The molecule has 2 aliphatic rings. The van der Waals surface area contributed by atoms with E-state index in [1.807, 2.05) is 23.1 Å². The second-order valence-corrected chi connectivity index (χ2v) is 7.40. The number of hydrogen-bond donors (Lipinski definition) is 1. The maximum Gasteiger partial charge on any atom is 0.237 e. The van der Waals surface area contributed by atoms with Crippen molar-refractivity contribution >= 4 is 27.5 Å². The summed E-state index contributed by atoms with van der Waals surface area (Å²) in [7, 11) is 0. The van der Waals surface area contributed by atoms with Gasteiger partial charge in [-0.15, -0.1) is 11.3 Å². The number of para-hydroxylation sites is 1. The molecule has 0 spiro atoms. The molecule has 4 rings (SSSR count). The largest absolute Gasteiger partial charge is 0.332 e. The number of rotatable bonds is 5. The molecular formula is C17H21N3OS. The first-order valence-corrected chi connectivity index (χ1v) is 8.98. The Morgan fingerprint density at radius 3 is 3.00 bits per heavy atom. The Morgan fingerprint density at radius 2 is 2.18 bits per heavy atom. The molecule has 1 aliphatic carbocycles. The lowest BCUT2D eigenvalue weighted by Gasteiger charge is -2.23. The normalized spacial score (nSPS) is 21.6. The fourth-order valence-electron chi connectivity index (χ4n) is 3.16. The zero-order valence-corrected chi connectivity index (χ0v) is 13.4. The van der Waals surface area contributed by atoms with E-state index >= 15 is 0 Å². The monoisotopic (exact) mass is 315 g/mol. The molecule has 22 heavy (non-hydrogen) atoms. The van der Waals surface area contributed by atoms with Crippen molar-refractivity contribution in [1.29, 1.82) is 0 Å². The van der Waals surface area contributed by atoms with Crippen LogP contribution in [0.4, 0.5) is 0 Å². The molecule has 4 nitrogen and oxygen atoms in total. The van der Waals surface area contributed by atoms with E-state index in [9.17, 15) is 4.79 Å². The van der Waals surface area contributed by atoms with Gasteiger partial charge in [0.05, 0.1) is 22.8 Å². The highest BCUT2D eigenvalue weighted by atomic mass is 32.1. The molecule has 1 saturated heterocycles. The Balaban J connectivity index is 1.46. The second-order valence-electron chi connectivity index (χ2n) is 6.34. The van der Waals surface area contributed by atoms with Crippen LogP contribution in [0, 0.1) is 5.92 Å². The lowest BCUT2D eigenvalue weighted by molar-refractivity contribution is -0.131. The fraction of sp³-hybridized carbons (Fsp3) is 0.529. The van der Waals surface area contributed by atoms with Crippen LogP contribution in [0.15, 0.2) is 24.3 Å². The highest BCUT2D eigenvalue weighted by Crippen LogP contribution is 2.36. The third-order valence-electron chi connectivity index (χ3n) is 4.57. The minimum Gasteiger partial charge on any atom is -0.332 e. The molecule has 116 valence electrons. The molecule has 0 bridgehead atoms. The third kappa shape index (κ3) is 2.88. The fourth-order valence-corrected chi connectivity index (χ4v) is 4.28. The summed E-state index contributed by atoms with van der Waals surface area (Å²) >= 11 is 1.73. The smallest absolute Gasteiger partial charge is 0.237 e. The number of aromatic nitrogens is 1. The van der Waals surface area contributed by atoms with E-state index in [0.717, 1.165) is 42.4 Å². The first kappa shape index (κ1) is 14.2. The van der Waals surface area contributed by atoms with Crippen LogP contribution in [-0.2, 0) is 4.79 Å². The maximum atomic E-state index is 12.5. The number of carbonyl (C=O) groups excluding carboxylic acids is 1. The van der Waals surface area contributed by atoms with E-state index in [0.29, 0.717) is 6.54 Å². The zero-order valence-electron chi connectivity index (χ0n) is 12.6. The van der Waals surface area contributed by atoms with Crippen molar-refractivity contribution in [3.63, 3.8) is 0 Å². The van der Waals surface area contributed by atoms with E-state index in [-0.39, 0.29) is 11.9 Å². The summed E-state index contributed by atoms with van der Waals surface area (Å²) in [5, 5.41) is 4.41. The summed E-state index contributed by atoms with van der Waals surface area (Å²) in [6.07, 6.45) is 4.75. The second kappa shape index (κ2) is 5.97. The van der Waals surface area contributed by atoms with Gasteiger partial charge in [0.25, 0.3) is 0 Å². The number of hydrogen-bond acceptors (Lipinski definition) is 4. The predicted octanol–water partition coefficient (Wildman–Crippen LogP) is 2.96. The first-order chi connectivity index (χ1) is 10.8. The Bertz CT molecular complexity index is 646. The Hall–Kier alpha value is -1.46. The Labute approximate surface area is 134 Å². The van der Waals surface area contributed by atoms with Crippen molar-refractivity contribution < 1.29 is 4.79 Å². The number of benzene rings is 1. The average Bonchev–Trinajstić information content (AvgIpc) is 3.06. The number of likely N-dealkylation sites (tertiary alicyclic amines) is 1. The molecule has 1 aromatic heterocycles. The lowest BCUT2D eigenvalue weighted by Crippen LogP contribution is -2.38. The van der Waals surface area contributed by atoms with E-state index in [2.05, 4.69) is 11.4 Å². The van der Waals surface area contributed by atoms with E-state index < -0.39 is 0 Å². The van der Waals surface area contributed by atoms with Gasteiger partial charge in [-0.2, -0.15) is 0 Å². The topological polar surface area (TPSA) is 45.2 Å². The van der Waals surface area contributed by atoms with Gasteiger partial charge >= 0.3 is 0 Å². The van der Waals surface area contributed by atoms with Gasteiger partial charge in [-0.3, -0.25) is 4.79 Å². The number of thiazole rings is 1. The number of nitrogens with zero attached hydrogens (tertiary/aromatic N) is 2. The molecule has 2 aromatic rings. The summed E-state index contributed by atoms with van der Waals surface area (Å²) in [5.74, 6) is 1.04. The Morgan fingerprint density at radius 1 is 1.32 bits per heavy atom. The van der Waals surface area contributed by atoms with Crippen LogP contribution < -0.4 is 5.32 Å². The number of nitrogens with one attached hydrogen (secondary N) is 1. The van der Waals surface area contributed by atoms with Crippen LogP contribution in [0.3, 0.4) is 0 Å². The van der Waals surface area contributed by atoms with E-state index in [4.69, 9.17) is 4.98 Å². The molecule has 5 heteroatoms. The van der Waals surface area contributed by atoms with Gasteiger partial charge in [0, 0.05) is 6.54 Å². The van der Waals surface area contributed by atoms with Crippen molar-refractivity contribution in [1.82, 2.24) is 15.2 Å². The van der Waals surface area contributed by atoms with Gasteiger partial charge < -0.3 is 10.2 Å². The molecule has 0 radical (unpaired) electrons. The van der Waals surface area contributed by atoms with Crippen molar-refractivity contribution in [2.24, 2.45) is 5.92 Å². The quantitative estimate of drug-likeness (QED) is 0.922. The molecule has 1 amide bonds. The minimum atomic E-state index is 0.174. The summed E-state index contributed by atoms with van der Waals surface area (Å²) < 4.78 is 1.21. The number of carbonyl (C=O) groups is 1. The van der Waals surface area contributed by atoms with E-state index in [1.54, 1.807) is 11.3 Å². The summed E-state index contributed by atoms with van der Waals surface area (Å²) in [5.41, 5.74) is 1.05. The van der Waals surface area contributed by atoms with Crippen LogP contribution in [-0.4, -0.2) is 35.4 Å². The third-order valence-corrected chi connectivity index (χ3v) is 5.71. The van der Waals surface area contributed by atoms with Gasteiger partial charge in [-0.25, -0.2) is 4.98 Å². The van der Waals surface area contributed by atoms with Crippen LogP contribution in [0.25, 0.3) is 10.2 Å². The SMILES string of the molecule is O=C(CNCC1CC1)N1CCCC1c1nc2ccccc2s1. The molecule has 1 atom stereocenters. The van der Waals surface area contributed by atoms with Gasteiger partial charge in [0.2, 0.25) is 5.91 Å². The zero-order chi connectivity index (χ0) is 14.9. The molecular weight excluding hydrogens is 294 g/mol. The number of fused-ring (bicyclic) bond motifs is 1. The van der Waals surface area contributed by atoms with Gasteiger partial charge in [0.15, 0.2) is 0 Å². The van der Waals surface area contributed by atoms with E-state index in [1.165, 1.54) is 17.5 Å². The molecule has 1 aromatic carbocycles. The number of amides is 1. The summed E-state index contributed by atoms with van der Waals surface area (Å²) in [6.45, 7) is 2.33.